The SMILES string of the molecule is Cl.NC1CC2CCCC(C1)C2NC(=O)c1occc1CN1C(=O)Cc2ccccc21. The van der Waals surface area contributed by atoms with Crippen molar-refractivity contribution in [2.45, 2.75) is 57.2 Å². The minimum atomic E-state index is -0.178. The number of carbonyl (C=O) groups is 2. The summed E-state index contributed by atoms with van der Waals surface area (Å²) in [6, 6.07) is 10.0. The number of nitrogens with one attached hydrogen (secondary N) is 1. The van der Waals surface area contributed by atoms with Gasteiger partial charge >= 0.3 is 0 Å². The number of hydrogen-bond acceptors (Lipinski definition) is 4. The van der Waals surface area contributed by atoms with Gasteiger partial charge in [0, 0.05) is 23.3 Å². The quantitative estimate of drug-likeness (QED) is 0.779. The minimum Gasteiger partial charge on any atom is -0.459 e. The average Bonchev–Trinajstić information content (AvgIpc) is 3.27. The molecule has 0 saturated heterocycles. The van der Waals surface area contributed by atoms with Crippen molar-refractivity contribution in [3.63, 3.8) is 0 Å². The normalized spacial score (nSPS) is 27.4. The topological polar surface area (TPSA) is 88.6 Å². The summed E-state index contributed by atoms with van der Waals surface area (Å²) in [7, 11) is 0. The molecule has 1 aromatic carbocycles. The molecule has 0 spiro atoms. The highest BCUT2D eigenvalue weighted by atomic mass is 35.5. The van der Waals surface area contributed by atoms with Gasteiger partial charge in [-0.3, -0.25) is 9.59 Å². The molecule has 0 radical (unpaired) electrons. The lowest BCUT2D eigenvalue weighted by atomic mass is 9.67. The number of para-hydroxylation sites is 1. The molecule has 2 fully saturated rings. The first-order valence-electron chi connectivity index (χ1n) is 10.6. The molecule has 2 saturated carbocycles. The van der Waals surface area contributed by atoms with Gasteiger partial charge < -0.3 is 20.4 Å². The Kier molecular flexibility index (Phi) is 5.89. The van der Waals surface area contributed by atoms with Gasteiger partial charge in [-0.25, -0.2) is 0 Å². The molecule has 2 aromatic rings. The van der Waals surface area contributed by atoms with Crippen molar-refractivity contribution in [2.75, 3.05) is 4.90 Å². The number of nitrogens with zero attached hydrogens (tertiary/aromatic N) is 1. The second-order valence-electron chi connectivity index (χ2n) is 8.74. The summed E-state index contributed by atoms with van der Waals surface area (Å²) in [6.45, 7) is 0.345. The highest BCUT2D eigenvalue weighted by molar-refractivity contribution is 6.01. The number of fused-ring (bicyclic) bond motifs is 3. The fourth-order valence-corrected chi connectivity index (χ4v) is 5.56. The van der Waals surface area contributed by atoms with E-state index < -0.39 is 0 Å². The lowest BCUT2D eigenvalue weighted by molar-refractivity contribution is -0.117. The van der Waals surface area contributed by atoms with Crippen LogP contribution in [-0.2, 0) is 17.8 Å². The van der Waals surface area contributed by atoms with Gasteiger partial charge in [-0.2, -0.15) is 0 Å². The summed E-state index contributed by atoms with van der Waals surface area (Å²) in [5, 5.41) is 3.25. The molecule has 7 heteroatoms. The van der Waals surface area contributed by atoms with Gasteiger partial charge in [0.05, 0.1) is 19.2 Å². The Hall–Kier alpha value is -2.31. The minimum absolute atomic E-state index is 0. The van der Waals surface area contributed by atoms with E-state index in [4.69, 9.17) is 10.2 Å². The van der Waals surface area contributed by atoms with E-state index in [1.54, 1.807) is 11.0 Å². The zero-order chi connectivity index (χ0) is 20.0. The third-order valence-corrected chi connectivity index (χ3v) is 6.88. The maximum Gasteiger partial charge on any atom is 0.287 e. The number of hydrogen-bond donors (Lipinski definition) is 2. The molecule has 2 atom stereocenters. The number of rotatable bonds is 4. The van der Waals surface area contributed by atoms with Crippen LogP contribution in [0.25, 0.3) is 0 Å². The van der Waals surface area contributed by atoms with Crippen molar-refractivity contribution in [1.29, 1.82) is 0 Å². The van der Waals surface area contributed by atoms with E-state index in [1.807, 2.05) is 24.3 Å². The van der Waals surface area contributed by atoms with E-state index in [-0.39, 0.29) is 36.3 Å². The number of amides is 2. The average molecular weight is 430 g/mol. The van der Waals surface area contributed by atoms with E-state index >= 15 is 0 Å². The summed E-state index contributed by atoms with van der Waals surface area (Å²) in [5.74, 6) is 1.09. The Morgan fingerprint density at radius 2 is 1.90 bits per heavy atom. The summed E-state index contributed by atoms with van der Waals surface area (Å²) in [4.78, 5) is 27.3. The summed E-state index contributed by atoms with van der Waals surface area (Å²) in [5.41, 5.74) is 8.90. The Labute approximate surface area is 182 Å². The summed E-state index contributed by atoms with van der Waals surface area (Å²) in [6.07, 6.45) is 7.36. The maximum absolute atomic E-state index is 13.1. The molecule has 2 unspecified atom stereocenters. The maximum atomic E-state index is 13.1. The van der Waals surface area contributed by atoms with Crippen LogP contribution >= 0.6 is 12.4 Å². The Morgan fingerprint density at radius 1 is 1.17 bits per heavy atom. The van der Waals surface area contributed by atoms with Crippen molar-refractivity contribution < 1.29 is 14.0 Å². The Bertz CT molecular complexity index is 929. The van der Waals surface area contributed by atoms with E-state index in [0.29, 0.717) is 30.6 Å². The van der Waals surface area contributed by atoms with Crippen molar-refractivity contribution in [3.8, 4) is 0 Å². The number of furan rings is 1. The number of carbonyl (C=O) groups excluding carboxylic acids is 2. The lowest BCUT2D eigenvalue weighted by Gasteiger charge is -2.45. The standard InChI is InChI=1S/C23H27N3O3.ClH/c24-18-10-15-5-3-6-16(11-18)21(15)25-23(28)22-17(8-9-29-22)13-26-19-7-2-1-4-14(19)12-20(26)27;/h1-2,4,7-9,15-16,18,21H,3,5-6,10-13,24H2,(H,25,28);1H. The first-order chi connectivity index (χ1) is 14.1. The molecule has 1 aliphatic heterocycles. The predicted octanol–water partition coefficient (Wildman–Crippen LogP) is 3.43. The van der Waals surface area contributed by atoms with Crippen LogP contribution in [0, 0.1) is 11.8 Å². The molecule has 2 bridgehead atoms. The summed E-state index contributed by atoms with van der Waals surface area (Å²) < 4.78 is 5.57. The van der Waals surface area contributed by atoms with Crippen LogP contribution in [0.15, 0.2) is 41.0 Å². The van der Waals surface area contributed by atoms with Gasteiger partial charge in [-0.05, 0) is 55.2 Å². The fraction of sp³-hybridized carbons (Fsp3) is 0.478. The van der Waals surface area contributed by atoms with Gasteiger partial charge in [0.1, 0.15) is 0 Å². The van der Waals surface area contributed by atoms with Gasteiger partial charge in [0.25, 0.3) is 5.91 Å². The van der Waals surface area contributed by atoms with E-state index in [2.05, 4.69) is 5.32 Å². The Morgan fingerprint density at radius 3 is 2.67 bits per heavy atom. The van der Waals surface area contributed by atoms with Crippen molar-refractivity contribution in [2.24, 2.45) is 17.6 Å². The molecule has 2 heterocycles. The number of nitrogens with two attached hydrogens (primary N) is 1. The molecular formula is C23H28ClN3O3. The zero-order valence-electron chi connectivity index (χ0n) is 16.9. The Balaban J connectivity index is 0.00000218. The first-order valence-corrected chi connectivity index (χ1v) is 10.6. The summed E-state index contributed by atoms with van der Waals surface area (Å²) >= 11 is 0. The van der Waals surface area contributed by atoms with Gasteiger partial charge in [-0.15, -0.1) is 12.4 Å². The van der Waals surface area contributed by atoms with Crippen LogP contribution in [0.4, 0.5) is 5.69 Å². The van der Waals surface area contributed by atoms with Crippen LogP contribution in [-0.4, -0.2) is 23.9 Å². The van der Waals surface area contributed by atoms with Crippen LogP contribution in [0.5, 0.6) is 0 Å². The molecule has 2 aliphatic carbocycles. The molecule has 5 rings (SSSR count). The lowest BCUT2D eigenvalue weighted by Crippen LogP contribution is -2.53. The van der Waals surface area contributed by atoms with Gasteiger partial charge in [0.2, 0.25) is 5.91 Å². The highest BCUT2D eigenvalue weighted by Gasteiger charge is 2.40. The van der Waals surface area contributed by atoms with Crippen LogP contribution in [0.1, 0.15) is 53.8 Å². The molecule has 2 amide bonds. The van der Waals surface area contributed by atoms with E-state index in [1.165, 1.54) is 12.7 Å². The number of benzene rings is 1. The molecule has 3 N–H and O–H groups in total. The second kappa shape index (κ2) is 8.44. The molecule has 30 heavy (non-hydrogen) atoms. The second-order valence-corrected chi connectivity index (χ2v) is 8.74. The number of halogens is 1. The highest BCUT2D eigenvalue weighted by Crippen LogP contribution is 2.40. The van der Waals surface area contributed by atoms with Crippen LogP contribution < -0.4 is 16.0 Å². The largest absolute Gasteiger partial charge is 0.459 e. The molecule has 3 aliphatic rings. The smallest absolute Gasteiger partial charge is 0.287 e. The number of anilines is 1. The van der Waals surface area contributed by atoms with Crippen molar-refractivity contribution >= 4 is 29.9 Å². The molecular weight excluding hydrogens is 402 g/mol. The third kappa shape index (κ3) is 3.74. The fourth-order valence-electron chi connectivity index (χ4n) is 5.56. The molecule has 1 aromatic heterocycles. The zero-order valence-corrected chi connectivity index (χ0v) is 17.7. The molecule has 6 nitrogen and oxygen atoms in total. The first kappa shape index (κ1) is 20.9. The monoisotopic (exact) mass is 429 g/mol. The molecule has 160 valence electrons. The van der Waals surface area contributed by atoms with Gasteiger partial charge in [-0.1, -0.05) is 24.6 Å². The van der Waals surface area contributed by atoms with Crippen LogP contribution in [0.2, 0.25) is 0 Å². The van der Waals surface area contributed by atoms with E-state index in [9.17, 15) is 9.59 Å². The van der Waals surface area contributed by atoms with Crippen molar-refractivity contribution in [1.82, 2.24) is 5.32 Å². The van der Waals surface area contributed by atoms with Crippen LogP contribution in [0.3, 0.4) is 0 Å². The van der Waals surface area contributed by atoms with Gasteiger partial charge in [0.15, 0.2) is 5.76 Å². The predicted molar refractivity (Wildman–Crippen MR) is 117 cm³/mol. The third-order valence-electron chi connectivity index (χ3n) is 6.88. The van der Waals surface area contributed by atoms with Crippen molar-refractivity contribution in [3.05, 3.63) is 53.5 Å². The van der Waals surface area contributed by atoms with E-state index in [0.717, 1.165) is 42.5 Å².